The first-order valence-corrected chi connectivity index (χ1v) is 5.48. The van der Waals surface area contributed by atoms with Crippen molar-refractivity contribution in [2.24, 2.45) is 0 Å². The van der Waals surface area contributed by atoms with E-state index in [0.29, 0.717) is 5.56 Å². The summed E-state index contributed by atoms with van der Waals surface area (Å²) < 4.78 is 4.62. The number of aliphatic hydroxyl groups excluding tert-OH is 1. The second kappa shape index (κ2) is 4.91. The minimum absolute atomic E-state index is 0.00492. The molecule has 1 aromatic carbocycles. The molecular weight excluding hydrogens is 234 g/mol. The molecule has 0 saturated carbocycles. The summed E-state index contributed by atoms with van der Waals surface area (Å²) in [5, 5.41) is 9.47. The molecule has 1 N–H and O–H groups in total. The maximum absolute atomic E-state index is 12.2. The van der Waals surface area contributed by atoms with Crippen LogP contribution in [0.15, 0.2) is 42.3 Å². The number of esters is 1. The third kappa shape index (κ3) is 2.20. The highest BCUT2D eigenvalue weighted by Crippen LogP contribution is 2.23. The van der Waals surface area contributed by atoms with Crippen LogP contribution >= 0.6 is 0 Å². The number of carbonyl (C=O) groups excluding carboxylic acids is 2. The second-order valence-electron chi connectivity index (χ2n) is 3.94. The lowest BCUT2D eigenvalue weighted by Gasteiger charge is -2.20. The van der Waals surface area contributed by atoms with Crippen LogP contribution in [0.1, 0.15) is 16.8 Å². The lowest BCUT2D eigenvalue weighted by Crippen LogP contribution is -2.39. The molecule has 0 radical (unpaired) electrons. The number of hydrogen-bond donors (Lipinski definition) is 1. The highest BCUT2D eigenvalue weighted by molar-refractivity contribution is 5.98. The summed E-state index contributed by atoms with van der Waals surface area (Å²) in [7, 11) is 1.25. The number of aliphatic hydroxyl groups is 1. The van der Waals surface area contributed by atoms with Crippen molar-refractivity contribution < 1.29 is 19.4 Å². The van der Waals surface area contributed by atoms with Gasteiger partial charge in [0.15, 0.2) is 0 Å². The van der Waals surface area contributed by atoms with Gasteiger partial charge in [-0.3, -0.25) is 9.69 Å². The summed E-state index contributed by atoms with van der Waals surface area (Å²) in [4.78, 5) is 24.9. The Balaban J connectivity index is 2.25. The number of amides is 1. The smallest absolute Gasteiger partial charge is 0.329 e. The van der Waals surface area contributed by atoms with Gasteiger partial charge in [-0.15, -0.1) is 0 Å². The molecule has 1 heterocycles. The molecule has 1 aliphatic rings. The van der Waals surface area contributed by atoms with Gasteiger partial charge in [0, 0.05) is 18.2 Å². The molecular formula is C13H13NO4. The van der Waals surface area contributed by atoms with Gasteiger partial charge < -0.3 is 9.84 Å². The predicted octanol–water partition coefficient (Wildman–Crippen LogP) is 1.47. The van der Waals surface area contributed by atoms with Crippen LogP contribution in [0, 0.1) is 0 Å². The maximum Gasteiger partial charge on any atom is 0.329 e. The minimum Gasteiger partial charge on any atom is -0.511 e. The van der Waals surface area contributed by atoms with Crippen LogP contribution in [0.2, 0.25) is 0 Å². The lowest BCUT2D eigenvalue weighted by molar-refractivity contribution is -0.144. The van der Waals surface area contributed by atoms with E-state index in [1.807, 2.05) is 0 Å². The van der Waals surface area contributed by atoms with E-state index in [-0.39, 0.29) is 18.1 Å². The predicted molar refractivity (Wildman–Crippen MR) is 63.7 cm³/mol. The van der Waals surface area contributed by atoms with Gasteiger partial charge >= 0.3 is 5.97 Å². The van der Waals surface area contributed by atoms with Gasteiger partial charge in [-0.1, -0.05) is 18.2 Å². The number of hydrogen-bond acceptors (Lipinski definition) is 4. The molecule has 1 amide bonds. The molecule has 1 aromatic rings. The van der Waals surface area contributed by atoms with Crippen LogP contribution in [0.3, 0.4) is 0 Å². The van der Waals surface area contributed by atoms with Crippen molar-refractivity contribution in [1.29, 1.82) is 0 Å². The van der Waals surface area contributed by atoms with Crippen molar-refractivity contribution >= 4 is 11.9 Å². The molecule has 0 fully saturated rings. The second-order valence-corrected chi connectivity index (χ2v) is 3.94. The standard InChI is InChI=1S/C13H13NO4/c1-18-13(17)11-7-10(15)8-14(11)12(16)9-5-3-2-4-6-9/h2-6,8,11,15H,7H2,1H3/t11-/m0/s1. The summed E-state index contributed by atoms with van der Waals surface area (Å²) in [6.07, 6.45) is 1.36. The van der Waals surface area contributed by atoms with Gasteiger partial charge in [-0.05, 0) is 12.1 Å². The van der Waals surface area contributed by atoms with E-state index in [4.69, 9.17) is 0 Å². The molecule has 18 heavy (non-hydrogen) atoms. The van der Waals surface area contributed by atoms with E-state index >= 15 is 0 Å². The highest BCUT2D eigenvalue weighted by atomic mass is 16.5. The number of methoxy groups -OCH3 is 1. The van der Waals surface area contributed by atoms with E-state index in [9.17, 15) is 14.7 Å². The van der Waals surface area contributed by atoms with Crippen molar-refractivity contribution in [3.8, 4) is 0 Å². The number of benzene rings is 1. The molecule has 1 aliphatic heterocycles. The van der Waals surface area contributed by atoms with Crippen molar-refractivity contribution in [2.45, 2.75) is 12.5 Å². The van der Waals surface area contributed by atoms with Gasteiger partial charge in [0.25, 0.3) is 5.91 Å². The van der Waals surface area contributed by atoms with Gasteiger partial charge in [0.05, 0.1) is 7.11 Å². The van der Waals surface area contributed by atoms with E-state index in [0.717, 1.165) is 0 Å². The Morgan fingerprint density at radius 2 is 2.00 bits per heavy atom. The summed E-state index contributed by atoms with van der Waals surface area (Å²) >= 11 is 0. The minimum atomic E-state index is -0.789. The van der Waals surface area contributed by atoms with E-state index in [1.165, 1.54) is 18.2 Å². The summed E-state index contributed by atoms with van der Waals surface area (Å²) in [6, 6.07) is 7.79. The third-order valence-electron chi connectivity index (χ3n) is 2.75. The molecule has 0 aliphatic carbocycles. The molecule has 2 rings (SSSR count). The molecule has 0 bridgehead atoms. The molecule has 0 spiro atoms. The van der Waals surface area contributed by atoms with Crippen molar-refractivity contribution in [1.82, 2.24) is 4.90 Å². The number of carbonyl (C=O) groups is 2. The average Bonchev–Trinajstić information content (AvgIpc) is 2.80. The monoisotopic (exact) mass is 247 g/mol. The lowest BCUT2D eigenvalue weighted by atomic mass is 10.1. The van der Waals surface area contributed by atoms with Crippen LogP contribution in [0.5, 0.6) is 0 Å². The SMILES string of the molecule is COC(=O)[C@@H]1CC(O)=CN1C(=O)c1ccccc1. The van der Waals surface area contributed by atoms with E-state index < -0.39 is 12.0 Å². The Labute approximate surface area is 104 Å². The van der Waals surface area contributed by atoms with Gasteiger partial charge in [-0.25, -0.2) is 4.79 Å². The van der Waals surface area contributed by atoms with E-state index in [1.54, 1.807) is 30.3 Å². The maximum atomic E-state index is 12.2. The quantitative estimate of drug-likeness (QED) is 0.804. The van der Waals surface area contributed by atoms with Crippen LogP contribution < -0.4 is 0 Å². The molecule has 0 saturated heterocycles. The Kier molecular flexibility index (Phi) is 3.32. The fraction of sp³-hybridized carbons (Fsp3) is 0.231. The van der Waals surface area contributed by atoms with Crippen molar-refractivity contribution in [3.05, 3.63) is 47.9 Å². The highest BCUT2D eigenvalue weighted by Gasteiger charge is 2.35. The fourth-order valence-corrected chi connectivity index (χ4v) is 1.86. The zero-order valence-electron chi connectivity index (χ0n) is 9.87. The van der Waals surface area contributed by atoms with Crippen molar-refractivity contribution in [2.75, 3.05) is 7.11 Å². The molecule has 94 valence electrons. The van der Waals surface area contributed by atoms with E-state index in [2.05, 4.69) is 4.74 Å². The first kappa shape index (κ1) is 12.2. The van der Waals surface area contributed by atoms with Crippen LogP contribution in [0.4, 0.5) is 0 Å². The Morgan fingerprint density at radius 1 is 1.33 bits per heavy atom. The van der Waals surface area contributed by atoms with Crippen LogP contribution in [0.25, 0.3) is 0 Å². The molecule has 0 aromatic heterocycles. The van der Waals surface area contributed by atoms with Gasteiger partial charge in [0.2, 0.25) is 0 Å². The summed E-state index contributed by atoms with van der Waals surface area (Å²) in [5.74, 6) is -0.885. The molecule has 0 unspecified atom stereocenters. The first-order valence-electron chi connectivity index (χ1n) is 5.48. The molecule has 1 atom stereocenters. The fourth-order valence-electron chi connectivity index (χ4n) is 1.86. The molecule has 5 heteroatoms. The Bertz CT molecular complexity index is 495. The zero-order valence-corrected chi connectivity index (χ0v) is 9.87. The third-order valence-corrected chi connectivity index (χ3v) is 2.75. The van der Waals surface area contributed by atoms with Gasteiger partial charge in [-0.2, -0.15) is 0 Å². The number of nitrogens with zero attached hydrogens (tertiary/aromatic N) is 1. The topological polar surface area (TPSA) is 66.8 Å². The zero-order chi connectivity index (χ0) is 13.1. The Hall–Kier alpha value is -2.30. The largest absolute Gasteiger partial charge is 0.511 e. The van der Waals surface area contributed by atoms with Crippen molar-refractivity contribution in [3.63, 3.8) is 0 Å². The Morgan fingerprint density at radius 3 is 2.61 bits per heavy atom. The van der Waals surface area contributed by atoms with Crippen LogP contribution in [-0.4, -0.2) is 35.0 Å². The molecule has 5 nitrogen and oxygen atoms in total. The number of ether oxygens (including phenoxy) is 1. The van der Waals surface area contributed by atoms with Crippen LogP contribution in [-0.2, 0) is 9.53 Å². The average molecular weight is 247 g/mol. The summed E-state index contributed by atoms with van der Waals surface area (Å²) in [5.41, 5.74) is 0.456. The number of rotatable bonds is 2. The normalized spacial score (nSPS) is 18.4. The first-order chi connectivity index (χ1) is 8.63. The van der Waals surface area contributed by atoms with Gasteiger partial charge in [0.1, 0.15) is 11.8 Å². The summed E-state index contributed by atoms with van der Waals surface area (Å²) in [6.45, 7) is 0.